The quantitative estimate of drug-likeness (QED) is 0.719. The molecule has 1 saturated carbocycles. The van der Waals surface area contributed by atoms with Crippen molar-refractivity contribution in [1.29, 1.82) is 0 Å². The van der Waals surface area contributed by atoms with Crippen LogP contribution in [0.15, 0.2) is 0 Å². The van der Waals surface area contributed by atoms with E-state index in [2.05, 4.69) is 26.1 Å². The second-order valence-corrected chi connectivity index (χ2v) is 6.07. The van der Waals surface area contributed by atoms with Crippen LogP contribution in [0.4, 0.5) is 0 Å². The van der Waals surface area contributed by atoms with Gasteiger partial charge >= 0.3 is 0 Å². The van der Waals surface area contributed by atoms with E-state index in [0.717, 1.165) is 26.3 Å². The molecule has 0 aromatic carbocycles. The Balaban J connectivity index is 2.32. The van der Waals surface area contributed by atoms with Gasteiger partial charge in [0.25, 0.3) is 0 Å². The molecule has 0 aromatic rings. The Hall–Kier alpha value is -0.120. The summed E-state index contributed by atoms with van der Waals surface area (Å²) in [5.41, 5.74) is 6.06. The Morgan fingerprint density at radius 2 is 2.00 bits per heavy atom. The predicted molar refractivity (Wildman–Crippen MR) is 73.1 cm³/mol. The fourth-order valence-corrected chi connectivity index (χ4v) is 2.60. The molecule has 1 fully saturated rings. The Morgan fingerprint density at radius 1 is 1.29 bits per heavy atom. The van der Waals surface area contributed by atoms with Crippen LogP contribution in [0.25, 0.3) is 0 Å². The minimum absolute atomic E-state index is 0.215. The summed E-state index contributed by atoms with van der Waals surface area (Å²) in [4.78, 5) is 0. The Morgan fingerprint density at radius 3 is 2.65 bits per heavy atom. The topological polar surface area (TPSA) is 47.3 Å². The summed E-state index contributed by atoms with van der Waals surface area (Å²) < 4.78 is 5.53. The highest BCUT2D eigenvalue weighted by Gasteiger charge is 2.26. The lowest BCUT2D eigenvalue weighted by Gasteiger charge is -2.34. The van der Waals surface area contributed by atoms with Gasteiger partial charge in [-0.3, -0.25) is 0 Å². The minimum atomic E-state index is 0.215. The molecule has 0 aromatic heterocycles. The average molecular weight is 242 g/mol. The summed E-state index contributed by atoms with van der Waals surface area (Å²) in [7, 11) is 0. The third-order valence-electron chi connectivity index (χ3n) is 3.75. The molecule has 2 unspecified atom stereocenters. The van der Waals surface area contributed by atoms with Crippen molar-refractivity contribution in [3.63, 3.8) is 0 Å². The van der Waals surface area contributed by atoms with Gasteiger partial charge in [-0.05, 0) is 32.2 Å². The maximum Gasteiger partial charge on any atom is 0.0529 e. The minimum Gasteiger partial charge on any atom is -0.381 e. The van der Waals surface area contributed by atoms with Crippen molar-refractivity contribution in [3.8, 4) is 0 Å². The predicted octanol–water partition coefficient (Wildman–Crippen LogP) is 2.16. The molecule has 3 N–H and O–H groups in total. The van der Waals surface area contributed by atoms with Gasteiger partial charge < -0.3 is 15.8 Å². The molecule has 1 rings (SSSR count). The van der Waals surface area contributed by atoms with E-state index in [4.69, 9.17) is 10.5 Å². The van der Waals surface area contributed by atoms with Gasteiger partial charge in [0, 0.05) is 24.6 Å². The number of rotatable bonds is 7. The second kappa shape index (κ2) is 7.34. The standard InChI is InChI=1S/C14H30N2O/c1-4-17-11-14(2,3)10-16-13-8-6-5-7-12(13)9-15/h12-13,16H,4-11,15H2,1-3H3. The second-order valence-electron chi connectivity index (χ2n) is 6.07. The molecule has 1 aliphatic rings. The monoisotopic (exact) mass is 242 g/mol. The summed E-state index contributed by atoms with van der Waals surface area (Å²) in [6, 6.07) is 0.620. The molecular weight excluding hydrogens is 212 g/mol. The first-order valence-corrected chi connectivity index (χ1v) is 7.10. The van der Waals surface area contributed by atoms with Crippen LogP contribution in [0.5, 0.6) is 0 Å². The lowest BCUT2D eigenvalue weighted by Crippen LogP contribution is -2.46. The van der Waals surface area contributed by atoms with Crippen LogP contribution in [0.3, 0.4) is 0 Å². The highest BCUT2D eigenvalue weighted by atomic mass is 16.5. The Bertz CT molecular complexity index is 206. The number of hydrogen-bond donors (Lipinski definition) is 2. The maximum atomic E-state index is 5.85. The molecule has 3 nitrogen and oxygen atoms in total. The number of nitrogens with one attached hydrogen (secondary N) is 1. The number of nitrogens with two attached hydrogens (primary N) is 1. The van der Waals surface area contributed by atoms with E-state index in [1.807, 2.05) is 0 Å². The van der Waals surface area contributed by atoms with Crippen molar-refractivity contribution in [2.45, 2.75) is 52.5 Å². The smallest absolute Gasteiger partial charge is 0.0529 e. The summed E-state index contributed by atoms with van der Waals surface area (Å²) >= 11 is 0. The van der Waals surface area contributed by atoms with Gasteiger partial charge in [-0.15, -0.1) is 0 Å². The van der Waals surface area contributed by atoms with E-state index in [0.29, 0.717) is 12.0 Å². The third kappa shape index (κ3) is 5.36. The summed E-state index contributed by atoms with van der Waals surface area (Å²) in [5, 5.41) is 3.71. The first-order chi connectivity index (χ1) is 8.09. The molecule has 0 aliphatic heterocycles. The van der Waals surface area contributed by atoms with Crippen LogP contribution in [0.1, 0.15) is 46.5 Å². The van der Waals surface area contributed by atoms with E-state index in [9.17, 15) is 0 Å². The van der Waals surface area contributed by atoms with E-state index in [1.165, 1.54) is 25.7 Å². The van der Waals surface area contributed by atoms with Gasteiger partial charge in [0.05, 0.1) is 6.61 Å². The zero-order valence-corrected chi connectivity index (χ0v) is 11.8. The van der Waals surface area contributed by atoms with Crippen molar-refractivity contribution in [1.82, 2.24) is 5.32 Å². The van der Waals surface area contributed by atoms with Crippen molar-refractivity contribution < 1.29 is 4.74 Å². The molecule has 17 heavy (non-hydrogen) atoms. The van der Waals surface area contributed by atoms with Crippen LogP contribution in [-0.4, -0.2) is 32.3 Å². The van der Waals surface area contributed by atoms with E-state index >= 15 is 0 Å². The third-order valence-corrected chi connectivity index (χ3v) is 3.75. The number of hydrogen-bond acceptors (Lipinski definition) is 3. The fourth-order valence-electron chi connectivity index (χ4n) is 2.60. The first kappa shape index (κ1) is 14.9. The van der Waals surface area contributed by atoms with Gasteiger partial charge in [0.15, 0.2) is 0 Å². The highest BCUT2D eigenvalue weighted by Crippen LogP contribution is 2.24. The van der Waals surface area contributed by atoms with Crippen LogP contribution in [-0.2, 0) is 4.74 Å². The van der Waals surface area contributed by atoms with Crippen molar-refractivity contribution in [2.75, 3.05) is 26.3 Å². The molecule has 0 heterocycles. The summed E-state index contributed by atoms with van der Waals surface area (Å²) in [5.74, 6) is 0.673. The van der Waals surface area contributed by atoms with Crippen molar-refractivity contribution >= 4 is 0 Å². The van der Waals surface area contributed by atoms with Crippen molar-refractivity contribution in [2.24, 2.45) is 17.1 Å². The molecule has 3 heteroatoms. The first-order valence-electron chi connectivity index (χ1n) is 7.10. The van der Waals surface area contributed by atoms with Crippen LogP contribution < -0.4 is 11.1 Å². The summed E-state index contributed by atoms with van der Waals surface area (Å²) in [6.07, 6.45) is 5.27. The molecule has 0 spiro atoms. The zero-order chi connectivity index (χ0) is 12.7. The molecule has 0 amide bonds. The lowest BCUT2D eigenvalue weighted by molar-refractivity contribution is 0.0662. The molecule has 0 radical (unpaired) electrons. The van der Waals surface area contributed by atoms with Gasteiger partial charge in [0.1, 0.15) is 0 Å². The molecule has 1 aliphatic carbocycles. The van der Waals surface area contributed by atoms with Crippen molar-refractivity contribution in [3.05, 3.63) is 0 Å². The fraction of sp³-hybridized carbons (Fsp3) is 1.00. The average Bonchev–Trinajstić information content (AvgIpc) is 2.34. The highest BCUT2D eigenvalue weighted by molar-refractivity contribution is 4.83. The maximum absolute atomic E-state index is 5.85. The molecule has 102 valence electrons. The zero-order valence-electron chi connectivity index (χ0n) is 11.8. The molecule has 2 atom stereocenters. The van der Waals surface area contributed by atoms with E-state index in [-0.39, 0.29) is 5.41 Å². The Kier molecular flexibility index (Phi) is 6.45. The largest absolute Gasteiger partial charge is 0.381 e. The summed E-state index contributed by atoms with van der Waals surface area (Å²) in [6.45, 7) is 10.0. The molecule has 0 bridgehead atoms. The lowest BCUT2D eigenvalue weighted by atomic mass is 9.83. The molecular formula is C14H30N2O. The van der Waals surface area contributed by atoms with Gasteiger partial charge in [-0.25, -0.2) is 0 Å². The van der Waals surface area contributed by atoms with E-state index in [1.54, 1.807) is 0 Å². The SMILES string of the molecule is CCOCC(C)(C)CNC1CCCCC1CN. The van der Waals surface area contributed by atoms with Gasteiger partial charge in [-0.1, -0.05) is 26.7 Å². The molecule has 0 saturated heterocycles. The number of ether oxygens (including phenoxy) is 1. The van der Waals surface area contributed by atoms with Crippen LogP contribution in [0, 0.1) is 11.3 Å². The normalized spacial score (nSPS) is 26.1. The van der Waals surface area contributed by atoms with E-state index < -0.39 is 0 Å². The Labute approximate surface area is 106 Å². The van der Waals surface area contributed by atoms with Crippen LogP contribution >= 0.6 is 0 Å². The van der Waals surface area contributed by atoms with Crippen LogP contribution in [0.2, 0.25) is 0 Å². The van der Waals surface area contributed by atoms with Gasteiger partial charge in [-0.2, -0.15) is 0 Å². The van der Waals surface area contributed by atoms with Gasteiger partial charge in [0.2, 0.25) is 0 Å².